The predicted octanol–water partition coefficient (Wildman–Crippen LogP) is 3.37. The molecule has 0 saturated carbocycles. The van der Waals surface area contributed by atoms with E-state index in [1.165, 1.54) is 29.2 Å². The van der Waals surface area contributed by atoms with Crippen molar-refractivity contribution in [2.45, 2.75) is 6.42 Å². The summed E-state index contributed by atoms with van der Waals surface area (Å²) in [5.41, 5.74) is 6.49. The molecule has 0 aliphatic rings. The number of benzene rings is 3. The van der Waals surface area contributed by atoms with Gasteiger partial charge >= 0.3 is 0 Å². The molecule has 0 aromatic heterocycles. The lowest BCUT2D eigenvalue weighted by molar-refractivity contribution is -0.120. The topological polar surface area (TPSA) is 102 Å². The molecule has 3 rings (SSSR count). The Balaban J connectivity index is 1.72. The number of nitrogens with one attached hydrogen (secondary N) is 1. The van der Waals surface area contributed by atoms with Crippen molar-refractivity contribution in [3.8, 4) is 5.75 Å². The zero-order chi connectivity index (χ0) is 22.9. The smallest absolute Gasteiger partial charge is 0.264 e. The van der Waals surface area contributed by atoms with E-state index in [9.17, 15) is 18.8 Å². The molecule has 0 unspecified atom stereocenters. The Hall–Kier alpha value is -4.20. The molecular formula is C24H22FN3O4. The standard InChI is InChI=1S/C24H22FN3O4/c25-17-10-12-19(13-11-17)28(15-14-22(26)29)23(30)16-32-21-9-5-4-8-20(21)24(31)27-18-6-2-1-3-7-18/h1-13H,14-16H2,(H2,26,29)(H,27,31). The van der Waals surface area contributed by atoms with E-state index in [-0.39, 0.29) is 30.2 Å². The number of ether oxygens (including phenoxy) is 1. The van der Waals surface area contributed by atoms with Gasteiger partial charge in [-0.15, -0.1) is 0 Å². The number of carbonyl (C=O) groups is 3. The molecule has 3 amide bonds. The van der Waals surface area contributed by atoms with Crippen LogP contribution in [0.2, 0.25) is 0 Å². The Labute approximate surface area is 184 Å². The van der Waals surface area contributed by atoms with E-state index >= 15 is 0 Å². The Bertz CT molecular complexity index is 1090. The van der Waals surface area contributed by atoms with Crippen LogP contribution in [0.25, 0.3) is 0 Å². The molecule has 0 radical (unpaired) electrons. The number of amides is 3. The summed E-state index contributed by atoms with van der Waals surface area (Å²) in [6, 6.07) is 20.8. The van der Waals surface area contributed by atoms with Gasteiger partial charge in [-0.3, -0.25) is 14.4 Å². The Kier molecular flexibility index (Phi) is 7.53. The van der Waals surface area contributed by atoms with E-state index in [0.29, 0.717) is 11.4 Å². The number of para-hydroxylation sites is 2. The second-order valence-corrected chi connectivity index (χ2v) is 6.84. The fraction of sp³-hybridized carbons (Fsp3) is 0.125. The molecule has 8 heteroatoms. The number of anilines is 2. The van der Waals surface area contributed by atoms with Crippen molar-refractivity contribution in [3.05, 3.63) is 90.2 Å². The van der Waals surface area contributed by atoms with Crippen molar-refractivity contribution in [1.29, 1.82) is 0 Å². The van der Waals surface area contributed by atoms with Crippen molar-refractivity contribution in [2.24, 2.45) is 5.73 Å². The van der Waals surface area contributed by atoms with E-state index in [2.05, 4.69) is 5.32 Å². The predicted molar refractivity (Wildman–Crippen MR) is 119 cm³/mol. The number of hydrogen-bond donors (Lipinski definition) is 2. The number of nitrogens with zero attached hydrogens (tertiary/aromatic N) is 1. The quantitative estimate of drug-likeness (QED) is 0.538. The van der Waals surface area contributed by atoms with Crippen LogP contribution in [0.3, 0.4) is 0 Å². The molecule has 7 nitrogen and oxygen atoms in total. The fourth-order valence-electron chi connectivity index (χ4n) is 2.96. The van der Waals surface area contributed by atoms with Gasteiger partial charge in [0.25, 0.3) is 11.8 Å². The van der Waals surface area contributed by atoms with Gasteiger partial charge in [0.2, 0.25) is 5.91 Å². The van der Waals surface area contributed by atoms with Gasteiger partial charge in [-0.25, -0.2) is 4.39 Å². The molecule has 0 fully saturated rings. The summed E-state index contributed by atoms with van der Waals surface area (Å²) in [5, 5.41) is 2.77. The average Bonchev–Trinajstić information content (AvgIpc) is 2.79. The molecule has 3 aromatic carbocycles. The highest BCUT2D eigenvalue weighted by molar-refractivity contribution is 6.06. The third-order valence-corrected chi connectivity index (χ3v) is 4.54. The fourth-order valence-corrected chi connectivity index (χ4v) is 2.96. The van der Waals surface area contributed by atoms with Crippen molar-refractivity contribution >= 4 is 29.1 Å². The minimum atomic E-state index is -0.575. The van der Waals surface area contributed by atoms with Crippen LogP contribution in [-0.2, 0) is 9.59 Å². The zero-order valence-corrected chi connectivity index (χ0v) is 17.2. The van der Waals surface area contributed by atoms with Gasteiger partial charge in [-0.2, -0.15) is 0 Å². The molecular weight excluding hydrogens is 413 g/mol. The minimum absolute atomic E-state index is 0.0132. The number of nitrogens with two attached hydrogens (primary N) is 1. The molecule has 0 aliphatic heterocycles. The lowest BCUT2D eigenvalue weighted by atomic mass is 10.2. The Morgan fingerprint density at radius 3 is 2.25 bits per heavy atom. The number of carbonyl (C=O) groups excluding carboxylic acids is 3. The monoisotopic (exact) mass is 435 g/mol. The largest absolute Gasteiger partial charge is 0.483 e. The highest BCUT2D eigenvalue weighted by Gasteiger charge is 2.19. The van der Waals surface area contributed by atoms with Crippen molar-refractivity contribution in [1.82, 2.24) is 0 Å². The van der Waals surface area contributed by atoms with Crippen LogP contribution in [0.15, 0.2) is 78.9 Å². The van der Waals surface area contributed by atoms with Gasteiger partial charge in [0, 0.05) is 24.3 Å². The van der Waals surface area contributed by atoms with E-state index in [1.54, 1.807) is 48.5 Å². The molecule has 0 atom stereocenters. The normalized spacial score (nSPS) is 10.3. The van der Waals surface area contributed by atoms with Crippen LogP contribution < -0.4 is 20.7 Å². The van der Waals surface area contributed by atoms with E-state index in [0.717, 1.165) is 0 Å². The summed E-state index contributed by atoms with van der Waals surface area (Å²) >= 11 is 0. The van der Waals surface area contributed by atoms with Crippen molar-refractivity contribution in [2.75, 3.05) is 23.4 Å². The van der Waals surface area contributed by atoms with Crippen LogP contribution >= 0.6 is 0 Å². The number of rotatable bonds is 9. The molecule has 0 spiro atoms. The minimum Gasteiger partial charge on any atom is -0.483 e. The highest BCUT2D eigenvalue weighted by atomic mass is 19.1. The lowest BCUT2D eigenvalue weighted by Crippen LogP contribution is -2.37. The number of hydrogen-bond acceptors (Lipinski definition) is 4. The summed E-state index contributed by atoms with van der Waals surface area (Å²) in [6.07, 6.45) is -0.0703. The van der Waals surface area contributed by atoms with Crippen LogP contribution in [0, 0.1) is 5.82 Å². The second-order valence-electron chi connectivity index (χ2n) is 6.84. The molecule has 0 aliphatic carbocycles. The maximum Gasteiger partial charge on any atom is 0.264 e. The first kappa shape index (κ1) is 22.5. The zero-order valence-electron chi connectivity index (χ0n) is 17.2. The third kappa shape index (κ3) is 6.15. The highest BCUT2D eigenvalue weighted by Crippen LogP contribution is 2.21. The molecule has 32 heavy (non-hydrogen) atoms. The summed E-state index contributed by atoms with van der Waals surface area (Å²) in [7, 11) is 0. The van der Waals surface area contributed by atoms with E-state index in [1.807, 2.05) is 6.07 Å². The molecule has 3 N–H and O–H groups in total. The molecule has 3 aromatic rings. The first-order valence-electron chi connectivity index (χ1n) is 9.86. The molecule has 0 bridgehead atoms. The van der Waals surface area contributed by atoms with Crippen molar-refractivity contribution < 1.29 is 23.5 Å². The van der Waals surface area contributed by atoms with Crippen molar-refractivity contribution in [3.63, 3.8) is 0 Å². The molecule has 164 valence electrons. The average molecular weight is 435 g/mol. The second kappa shape index (κ2) is 10.7. The molecule has 0 saturated heterocycles. The summed E-state index contributed by atoms with van der Waals surface area (Å²) in [5.74, 6) is -1.66. The summed E-state index contributed by atoms with van der Waals surface area (Å²) in [4.78, 5) is 38.0. The maximum absolute atomic E-state index is 13.3. The SMILES string of the molecule is NC(=O)CCN(C(=O)COc1ccccc1C(=O)Nc1ccccc1)c1ccc(F)cc1. The number of halogens is 1. The van der Waals surface area contributed by atoms with Gasteiger partial charge in [-0.1, -0.05) is 30.3 Å². The van der Waals surface area contributed by atoms with Gasteiger partial charge in [-0.05, 0) is 48.5 Å². The van der Waals surface area contributed by atoms with Crippen LogP contribution in [0.1, 0.15) is 16.8 Å². The number of primary amides is 1. The lowest BCUT2D eigenvalue weighted by Gasteiger charge is -2.23. The van der Waals surface area contributed by atoms with Crippen LogP contribution in [0.5, 0.6) is 5.75 Å². The summed E-state index contributed by atoms with van der Waals surface area (Å²) in [6.45, 7) is -0.384. The van der Waals surface area contributed by atoms with Gasteiger partial charge < -0.3 is 20.7 Å². The summed E-state index contributed by atoms with van der Waals surface area (Å²) < 4.78 is 18.9. The Morgan fingerprint density at radius 1 is 0.906 bits per heavy atom. The Morgan fingerprint density at radius 2 is 1.56 bits per heavy atom. The maximum atomic E-state index is 13.3. The van der Waals surface area contributed by atoms with Gasteiger partial charge in [0.1, 0.15) is 11.6 Å². The first-order chi connectivity index (χ1) is 15.4. The van der Waals surface area contributed by atoms with Crippen LogP contribution in [0.4, 0.5) is 15.8 Å². The van der Waals surface area contributed by atoms with Gasteiger partial charge in [0.15, 0.2) is 6.61 Å². The third-order valence-electron chi connectivity index (χ3n) is 4.54. The first-order valence-corrected chi connectivity index (χ1v) is 9.86. The molecule has 0 heterocycles. The van der Waals surface area contributed by atoms with Crippen LogP contribution in [-0.4, -0.2) is 30.9 Å². The van der Waals surface area contributed by atoms with E-state index < -0.39 is 24.2 Å². The van der Waals surface area contributed by atoms with E-state index in [4.69, 9.17) is 10.5 Å². The van der Waals surface area contributed by atoms with Gasteiger partial charge in [0.05, 0.1) is 5.56 Å².